The van der Waals surface area contributed by atoms with E-state index in [1.54, 1.807) is 0 Å². The molecule has 0 aromatic carbocycles. The van der Waals surface area contributed by atoms with Crippen LogP contribution in [0.25, 0.3) is 0 Å². The Morgan fingerprint density at radius 1 is 1.53 bits per heavy atom. The molecular weight excluding hydrogens is 240 g/mol. The molecule has 19 heavy (non-hydrogen) atoms. The van der Waals surface area contributed by atoms with Crippen molar-refractivity contribution in [1.29, 1.82) is 0 Å². The van der Waals surface area contributed by atoms with Crippen LogP contribution in [0.1, 0.15) is 47.9 Å². The smallest absolute Gasteiger partial charge is 0.253 e. The van der Waals surface area contributed by atoms with Gasteiger partial charge in [0.25, 0.3) is 5.91 Å². The molecule has 2 rings (SSSR count). The van der Waals surface area contributed by atoms with E-state index in [1.807, 2.05) is 19.9 Å². The largest absolute Gasteiger partial charge is 0.352 e. The van der Waals surface area contributed by atoms with Gasteiger partial charge in [0.15, 0.2) is 0 Å². The number of nitrogens with zero attached hydrogens (tertiary/aromatic N) is 2. The lowest BCUT2D eigenvalue weighted by Crippen LogP contribution is -2.31. The molecule has 2 N–H and O–H groups in total. The lowest BCUT2D eigenvalue weighted by atomic mass is 10.1. The molecule has 1 atom stereocenters. The molecule has 1 aliphatic rings. The number of hydrogen-bond acceptors (Lipinski definition) is 4. The molecule has 1 aliphatic heterocycles. The number of nitrogens with one attached hydrogen (secondary N) is 2. The Hall–Kier alpha value is -1.49. The van der Waals surface area contributed by atoms with Crippen molar-refractivity contribution < 1.29 is 4.79 Å². The molecule has 0 spiro atoms. The van der Waals surface area contributed by atoms with Crippen molar-refractivity contribution in [3.05, 3.63) is 23.0 Å². The van der Waals surface area contributed by atoms with E-state index in [9.17, 15) is 4.79 Å². The quantitative estimate of drug-likeness (QED) is 0.837. The highest BCUT2D eigenvalue weighted by molar-refractivity contribution is 5.95. The van der Waals surface area contributed by atoms with Gasteiger partial charge in [-0.3, -0.25) is 4.79 Å². The van der Waals surface area contributed by atoms with Gasteiger partial charge in [-0.2, -0.15) is 10.2 Å². The monoisotopic (exact) mass is 262 g/mol. The summed E-state index contributed by atoms with van der Waals surface area (Å²) in [6, 6.07) is 2.37. The topological polar surface area (TPSA) is 66.9 Å². The molecule has 104 valence electrons. The second kappa shape index (κ2) is 6.61. The Labute approximate surface area is 114 Å². The average Bonchev–Trinajstić information content (AvgIpc) is 2.91. The minimum atomic E-state index is -0.0344. The van der Waals surface area contributed by atoms with Gasteiger partial charge in [0.2, 0.25) is 0 Å². The van der Waals surface area contributed by atoms with Crippen LogP contribution in [0.2, 0.25) is 0 Å². The minimum absolute atomic E-state index is 0.0344. The Morgan fingerprint density at radius 2 is 2.37 bits per heavy atom. The van der Waals surface area contributed by atoms with Gasteiger partial charge < -0.3 is 10.6 Å². The zero-order valence-corrected chi connectivity index (χ0v) is 11.7. The predicted octanol–water partition coefficient (Wildman–Crippen LogP) is 1.22. The van der Waals surface area contributed by atoms with Crippen LogP contribution in [0.15, 0.2) is 6.07 Å². The summed E-state index contributed by atoms with van der Waals surface area (Å²) in [5.41, 5.74) is 2.20. The third kappa shape index (κ3) is 3.73. The number of carbonyl (C=O) groups excluding carboxylic acids is 1. The average molecular weight is 262 g/mol. The van der Waals surface area contributed by atoms with Crippen molar-refractivity contribution in [3.63, 3.8) is 0 Å². The van der Waals surface area contributed by atoms with Crippen LogP contribution in [0.3, 0.4) is 0 Å². The van der Waals surface area contributed by atoms with Gasteiger partial charge in [0.05, 0.1) is 17.0 Å². The molecule has 0 bridgehead atoms. The van der Waals surface area contributed by atoms with Crippen LogP contribution in [-0.4, -0.2) is 35.2 Å². The van der Waals surface area contributed by atoms with Gasteiger partial charge in [0, 0.05) is 12.6 Å². The van der Waals surface area contributed by atoms with Crippen LogP contribution in [0.4, 0.5) is 0 Å². The first-order chi connectivity index (χ1) is 9.20. The summed E-state index contributed by atoms with van der Waals surface area (Å²) < 4.78 is 0. The van der Waals surface area contributed by atoms with Crippen LogP contribution >= 0.6 is 0 Å². The first kappa shape index (κ1) is 13.9. The highest BCUT2D eigenvalue weighted by Gasteiger charge is 2.15. The van der Waals surface area contributed by atoms with Crippen LogP contribution < -0.4 is 10.6 Å². The highest BCUT2D eigenvalue weighted by Crippen LogP contribution is 2.09. The molecule has 5 heteroatoms. The number of hydrogen-bond donors (Lipinski definition) is 2. The first-order valence-corrected chi connectivity index (χ1v) is 7.05. The van der Waals surface area contributed by atoms with E-state index in [0.717, 1.165) is 30.8 Å². The Morgan fingerprint density at radius 3 is 3.05 bits per heavy atom. The molecular formula is C14H22N4O. The van der Waals surface area contributed by atoms with Crippen LogP contribution in [0, 0.1) is 6.92 Å². The summed E-state index contributed by atoms with van der Waals surface area (Å²) in [6.45, 7) is 5.65. The van der Waals surface area contributed by atoms with Gasteiger partial charge >= 0.3 is 0 Å². The van der Waals surface area contributed by atoms with Crippen molar-refractivity contribution in [2.24, 2.45) is 0 Å². The third-order valence-electron chi connectivity index (χ3n) is 3.51. The van der Waals surface area contributed by atoms with E-state index >= 15 is 0 Å². The van der Waals surface area contributed by atoms with Crippen LogP contribution in [0.5, 0.6) is 0 Å². The number of amides is 1. The standard InChI is InChI=1S/C14H22N4O/c1-3-13-12(9-10(2)17-18-13)14(19)16-8-6-11-5-4-7-15-11/h9,11,15H,3-8H2,1-2H3,(H,16,19)/t11-/m0/s1. The van der Waals surface area contributed by atoms with E-state index < -0.39 is 0 Å². The second-order valence-corrected chi connectivity index (χ2v) is 5.04. The first-order valence-electron chi connectivity index (χ1n) is 7.05. The number of rotatable bonds is 5. The normalized spacial score (nSPS) is 18.5. The van der Waals surface area contributed by atoms with Gasteiger partial charge in [0.1, 0.15) is 0 Å². The molecule has 1 aromatic rings. The van der Waals surface area contributed by atoms with Gasteiger partial charge in [-0.05, 0) is 45.2 Å². The molecule has 1 aromatic heterocycles. The van der Waals surface area contributed by atoms with E-state index in [2.05, 4.69) is 20.8 Å². The molecule has 0 saturated carbocycles. The molecule has 1 saturated heterocycles. The fraction of sp³-hybridized carbons (Fsp3) is 0.643. The SMILES string of the molecule is CCc1nnc(C)cc1C(=O)NCC[C@@H]1CCCN1. The molecule has 0 unspecified atom stereocenters. The van der Waals surface area contributed by atoms with E-state index in [4.69, 9.17) is 0 Å². The minimum Gasteiger partial charge on any atom is -0.352 e. The molecule has 1 fully saturated rings. The highest BCUT2D eigenvalue weighted by atomic mass is 16.1. The maximum absolute atomic E-state index is 12.2. The second-order valence-electron chi connectivity index (χ2n) is 5.04. The van der Waals surface area contributed by atoms with Gasteiger partial charge in [-0.25, -0.2) is 0 Å². The third-order valence-corrected chi connectivity index (χ3v) is 3.51. The van der Waals surface area contributed by atoms with Crippen molar-refractivity contribution in [2.75, 3.05) is 13.1 Å². The zero-order valence-electron chi connectivity index (χ0n) is 11.7. The Balaban J connectivity index is 1.89. The Kier molecular flexibility index (Phi) is 4.85. The fourth-order valence-corrected chi connectivity index (χ4v) is 2.43. The predicted molar refractivity (Wildman–Crippen MR) is 74.1 cm³/mol. The van der Waals surface area contributed by atoms with E-state index in [0.29, 0.717) is 18.2 Å². The molecule has 1 amide bonds. The van der Waals surface area contributed by atoms with Crippen molar-refractivity contribution in [1.82, 2.24) is 20.8 Å². The number of carbonyl (C=O) groups is 1. The molecule has 0 radical (unpaired) electrons. The zero-order chi connectivity index (χ0) is 13.7. The lowest BCUT2D eigenvalue weighted by Gasteiger charge is -2.12. The molecule has 2 heterocycles. The summed E-state index contributed by atoms with van der Waals surface area (Å²) in [6.07, 6.45) is 4.17. The van der Waals surface area contributed by atoms with Crippen molar-refractivity contribution >= 4 is 5.91 Å². The number of aryl methyl sites for hydroxylation is 2. The van der Waals surface area contributed by atoms with Gasteiger partial charge in [-0.1, -0.05) is 6.92 Å². The fourth-order valence-electron chi connectivity index (χ4n) is 2.43. The maximum atomic E-state index is 12.2. The van der Waals surface area contributed by atoms with Crippen molar-refractivity contribution in [3.8, 4) is 0 Å². The summed E-state index contributed by atoms with van der Waals surface area (Å²) >= 11 is 0. The van der Waals surface area contributed by atoms with E-state index in [1.165, 1.54) is 12.8 Å². The van der Waals surface area contributed by atoms with Gasteiger partial charge in [-0.15, -0.1) is 0 Å². The lowest BCUT2D eigenvalue weighted by molar-refractivity contribution is 0.0950. The summed E-state index contributed by atoms with van der Waals surface area (Å²) in [7, 11) is 0. The Bertz CT molecular complexity index is 441. The molecule has 0 aliphatic carbocycles. The number of aromatic nitrogens is 2. The van der Waals surface area contributed by atoms with Crippen LogP contribution in [-0.2, 0) is 6.42 Å². The molecule has 5 nitrogen and oxygen atoms in total. The summed E-state index contributed by atoms with van der Waals surface area (Å²) in [4.78, 5) is 12.2. The summed E-state index contributed by atoms with van der Waals surface area (Å²) in [5.74, 6) is -0.0344. The maximum Gasteiger partial charge on any atom is 0.253 e. The van der Waals surface area contributed by atoms with Crippen molar-refractivity contribution in [2.45, 2.75) is 45.6 Å². The summed E-state index contributed by atoms with van der Waals surface area (Å²) in [5, 5.41) is 14.5. The van der Waals surface area contributed by atoms with E-state index in [-0.39, 0.29) is 5.91 Å².